The molecule has 1 aliphatic carbocycles. The maximum absolute atomic E-state index is 11.8. The lowest BCUT2D eigenvalue weighted by molar-refractivity contribution is 0.0636. The van der Waals surface area contributed by atoms with Crippen molar-refractivity contribution in [2.45, 2.75) is 53.1 Å². The monoisotopic (exact) mass is 311 g/mol. The molecule has 3 N–H and O–H groups in total. The molecule has 1 heterocycles. The first-order valence-electron chi connectivity index (χ1n) is 7.23. The number of aromatic nitrogens is 1. The minimum absolute atomic E-state index is 0.217. The highest BCUT2D eigenvalue weighted by Crippen LogP contribution is 2.65. The lowest BCUT2D eigenvalue weighted by atomic mass is 10.1. The average molecular weight is 311 g/mol. The second kappa shape index (κ2) is 5.25. The zero-order valence-corrected chi connectivity index (χ0v) is 14.4. The molecule has 1 saturated carbocycles. The van der Waals surface area contributed by atoms with Gasteiger partial charge in [0, 0.05) is 10.8 Å². The fraction of sp³-hybridized carbons (Fsp3) is 0.733. The van der Waals surface area contributed by atoms with Crippen molar-refractivity contribution < 1.29 is 9.53 Å². The summed E-state index contributed by atoms with van der Waals surface area (Å²) in [6.07, 6.45) is -0.465. The van der Waals surface area contributed by atoms with Gasteiger partial charge in [0.2, 0.25) is 0 Å². The van der Waals surface area contributed by atoms with E-state index in [1.54, 1.807) is 0 Å². The van der Waals surface area contributed by atoms with Gasteiger partial charge in [-0.3, -0.25) is 5.32 Å². The number of nitrogens with zero attached hydrogens (tertiary/aromatic N) is 1. The van der Waals surface area contributed by atoms with Gasteiger partial charge in [0.1, 0.15) is 5.60 Å². The molecule has 118 valence electrons. The van der Waals surface area contributed by atoms with E-state index in [0.29, 0.717) is 23.5 Å². The molecule has 2 atom stereocenters. The number of aryl methyl sites for hydroxylation is 1. The Labute approximate surface area is 130 Å². The van der Waals surface area contributed by atoms with Crippen molar-refractivity contribution in [2.75, 3.05) is 11.9 Å². The molecule has 2 unspecified atom stereocenters. The largest absolute Gasteiger partial charge is 0.444 e. The number of thiazole rings is 1. The smallest absolute Gasteiger partial charge is 0.413 e. The summed E-state index contributed by atoms with van der Waals surface area (Å²) in [7, 11) is 0. The first-order chi connectivity index (χ1) is 9.56. The van der Waals surface area contributed by atoms with Gasteiger partial charge in [-0.2, -0.15) is 0 Å². The Hall–Kier alpha value is -1.14. The first-order valence-corrected chi connectivity index (χ1v) is 8.05. The van der Waals surface area contributed by atoms with Crippen molar-refractivity contribution in [2.24, 2.45) is 17.1 Å². The van der Waals surface area contributed by atoms with Crippen LogP contribution in [0.2, 0.25) is 0 Å². The molecular weight excluding hydrogens is 286 g/mol. The van der Waals surface area contributed by atoms with Crippen molar-refractivity contribution in [3.8, 4) is 0 Å². The van der Waals surface area contributed by atoms with E-state index in [1.807, 2.05) is 27.7 Å². The van der Waals surface area contributed by atoms with Gasteiger partial charge in [-0.25, -0.2) is 9.78 Å². The summed E-state index contributed by atoms with van der Waals surface area (Å²) in [4.78, 5) is 17.5. The maximum atomic E-state index is 11.8. The Morgan fingerprint density at radius 3 is 2.57 bits per heavy atom. The van der Waals surface area contributed by atoms with E-state index in [0.717, 1.165) is 5.69 Å². The molecule has 1 aromatic heterocycles. The zero-order valence-electron chi connectivity index (χ0n) is 13.6. The molecule has 6 heteroatoms. The maximum Gasteiger partial charge on any atom is 0.413 e. The molecule has 21 heavy (non-hydrogen) atoms. The van der Waals surface area contributed by atoms with Crippen molar-refractivity contribution in [3.63, 3.8) is 0 Å². The van der Waals surface area contributed by atoms with E-state index in [-0.39, 0.29) is 5.41 Å². The Morgan fingerprint density at radius 1 is 1.48 bits per heavy atom. The average Bonchev–Trinajstić information content (AvgIpc) is 2.64. The number of rotatable bonds is 3. The van der Waals surface area contributed by atoms with Crippen LogP contribution in [0, 0.1) is 18.3 Å². The third kappa shape index (κ3) is 3.37. The Balaban J connectivity index is 2.09. The van der Waals surface area contributed by atoms with Crippen LogP contribution in [0.15, 0.2) is 0 Å². The number of anilines is 1. The fourth-order valence-corrected chi connectivity index (χ4v) is 4.16. The molecule has 0 bridgehead atoms. The number of carbonyl (C=O) groups excluding carboxylic acids is 1. The van der Waals surface area contributed by atoms with Gasteiger partial charge < -0.3 is 10.5 Å². The van der Waals surface area contributed by atoms with E-state index in [4.69, 9.17) is 10.5 Å². The molecule has 1 amide bonds. The van der Waals surface area contributed by atoms with Crippen LogP contribution in [0.25, 0.3) is 0 Å². The van der Waals surface area contributed by atoms with Crippen molar-refractivity contribution >= 4 is 22.6 Å². The molecular formula is C15H25N3O2S. The molecule has 0 radical (unpaired) electrons. The summed E-state index contributed by atoms with van der Waals surface area (Å²) in [5, 5.41) is 3.31. The Bertz CT molecular complexity index is 546. The van der Waals surface area contributed by atoms with Crippen LogP contribution >= 0.6 is 11.3 Å². The molecule has 0 aromatic carbocycles. The fourth-order valence-electron chi connectivity index (χ4n) is 2.85. The van der Waals surface area contributed by atoms with Crippen molar-refractivity contribution in [1.82, 2.24) is 4.98 Å². The van der Waals surface area contributed by atoms with Crippen LogP contribution in [-0.2, 0) is 4.74 Å². The number of nitrogens with one attached hydrogen (secondary N) is 1. The third-order valence-electron chi connectivity index (χ3n) is 4.03. The number of amides is 1. The minimum atomic E-state index is -0.512. The second-order valence-electron chi connectivity index (χ2n) is 7.24. The van der Waals surface area contributed by atoms with Crippen LogP contribution < -0.4 is 11.1 Å². The van der Waals surface area contributed by atoms with Crippen LogP contribution in [-0.4, -0.2) is 23.2 Å². The second-order valence-corrected chi connectivity index (χ2v) is 8.27. The minimum Gasteiger partial charge on any atom is -0.444 e. The molecule has 0 saturated heterocycles. The normalized spacial score (nSPS) is 23.8. The SMILES string of the molecule is Cc1nc(NC(=O)OC(C)(C)C)sc1C1C(CN)C1(C)C. The van der Waals surface area contributed by atoms with E-state index >= 15 is 0 Å². The van der Waals surface area contributed by atoms with Gasteiger partial charge >= 0.3 is 6.09 Å². The number of hydrogen-bond donors (Lipinski definition) is 2. The Morgan fingerprint density at radius 2 is 2.10 bits per heavy atom. The van der Waals surface area contributed by atoms with E-state index in [1.165, 1.54) is 16.2 Å². The molecule has 1 aromatic rings. The summed E-state index contributed by atoms with van der Waals surface area (Å²) >= 11 is 1.53. The van der Waals surface area contributed by atoms with Gasteiger partial charge in [0.05, 0.1) is 5.69 Å². The van der Waals surface area contributed by atoms with Crippen LogP contribution in [0.4, 0.5) is 9.93 Å². The predicted octanol–water partition coefficient (Wildman–Crippen LogP) is 3.50. The topological polar surface area (TPSA) is 77.2 Å². The summed E-state index contributed by atoms with van der Waals surface area (Å²) < 4.78 is 5.25. The number of hydrogen-bond acceptors (Lipinski definition) is 5. The standard InChI is InChI=1S/C15H25N3O2S/c1-8-11(10-9(7-16)15(10,5)6)21-12(17-8)18-13(19)20-14(2,3)4/h9-10H,7,16H2,1-6H3,(H,17,18,19). The first kappa shape index (κ1) is 16.2. The Kier molecular flexibility index (Phi) is 4.06. The summed E-state index contributed by atoms with van der Waals surface area (Å²) in [6, 6.07) is 0. The van der Waals surface area contributed by atoms with Gasteiger partial charge in [-0.15, -0.1) is 11.3 Å². The highest BCUT2D eigenvalue weighted by Gasteiger charge is 2.58. The van der Waals surface area contributed by atoms with Crippen LogP contribution in [0.5, 0.6) is 0 Å². The molecule has 2 rings (SSSR count). The van der Waals surface area contributed by atoms with E-state index in [9.17, 15) is 4.79 Å². The third-order valence-corrected chi connectivity index (χ3v) is 5.18. The van der Waals surface area contributed by atoms with E-state index < -0.39 is 11.7 Å². The number of nitrogens with two attached hydrogens (primary N) is 1. The molecule has 5 nitrogen and oxygen atoms in total. The van der Waals surface area contributed by atoms with Crippen molar-refractivity contribution in [3.05, 3.63) is 10.6 Å². The quantitative estimate of drug-likeness (QED) is 0.895. The van der Waals surface area contributed by atoms with E-state index in [2.05, 4.69) is 24.1 Å². The molecule has 1 fully saturated rings. The summed E-state index contributed by atoms with van der Waals surface area (Å²) in [6.45, 7) is 12.6. The molecule has 1 aliphatic rings. The highest BCUT2D eigenvalue weighted by atomic mass is 32.1. The summed E-state index contributed by atoms with van der Waals surface area (Å²) in [5.41, 5.74) is 6.52. The van der Waals surface area contributed by atoms with Gasteiger partial charge in [-0.05, 0) is 45.6 Å². The summed E-state index contributed by atoms with van der Waals surface area (Å²) in [5.74, 6) is 0.931. The molecule has 0 aliphatic heterocycles. The highest BCUT2D eigenvalue weighted by molar-refractivity contribution is 7.16. The molecule has 0 spiro atoms. The lowest BCUT2D eigenvalue weighted by Crippen LogP contribution is -2.27. The van der Waals surface area contributed by atoms with Gasteiger partial charge in [0.25, 0.3) is 0 Å². The predicted molar refractivity (Wildman–Crippen MR) is 85.8 cm³/mol. The number of carbonyl (C=O) groups is 1. The zero-order chi connectivity index (χ0) is 16.0. The lowest BCUT2D eigenvalue weighted by Gasteiger charge is -2.18. The van der Waals surface area contributed by atoms with Gasteiger partial charge in [-0.1, -0.05) is 13.8 Å². The van der Waals surface area contributed by atoms with Crippen LogP contribution in [0.3, 0.4) is 0 Å². The number of ether oxygens (including phenoxy) is 1. The van der Waals surface area contributed by atoms with Crippen LogP contribution in [0.1, 0.15) is 51.1 Å². The van der Waals surface area contributed by atoms with Gasteiger partial charge in [0.15, 0.2) is 5.13 Å². The van der Waals surface area contributed by atoms with Crippen molar-refractivity contribution in [1.29, 1.82) is 0 Å².